The Morgan fingerprint density at radius 2 is 2.10 bits per heavy atom. The van der Waals surface area contributed by atoms with Gasteiger partial charge in [-0.2, -0.15) is 0 Å². The third kappa shape index (κ3) is 3.91. The number of para-hydroxylation sites is 1. The van der Waals surface area contributed by atoms with Crippen molar-refractivity contribution in [3.05, 3.63) is 38.9 Å². The predicted molar refractivity (Wildman–Crippen MR) is 76.2 cm³/mol. The minimum Gasteiger partial charge on any atom is -0.469 e. The fraction of sp³-hybridized carbons (Fsp3) is 0.385. The molecule has 0 spiro atoms. The van der Waals surface area contributed by atoms with Gasteiger partial charge in [0.1, 0.15) is 10.6 Å². The van der Waals surface area contributed by atoms with E-state index in [0.717, 1.165) is 0 Å². The number of nitro benzene ring substituents is 1. The largest absolute Gasteiger partial charge is 0.469 e. The molecule has 7 nitrogen and oxygen atoms in total. The van der Waals surface area contributed by atoms with Gasteiger partial charge in [0.05, 0.1) is 18.0 Å². The van der Waals surface area contributed by atoms with Gasteiger partial charge in [-0.1, -0.05) is 24.6 Å². The molecule has 8 heteroatoms. The van der Waals surface area contributed by atoms with Crippen LogP contribution in [0.2, 0.25) is 5.02 Å². The zero-order valence-corrected chi connectivity index (χ0v) is 12.6. The quantitative estimate of drug-likeness (QED) is 0.472. The van der Waals surface area contributed by atoms with E-state index >= 15 is 0 Å². The monoisotopic (exact) mass is 314 g/mol. The molecule has 0 saturated carbocycles. The van der Waals surface area contributed by atoms with Gasteiger partial charge in [-0.15, -0.1) is 0 Å². The Labute approximate surface area is 126 Å². The molecule has 1 aromatic rings. The van der Waals surface area contributed by atoms with Gasteiger partial charge < -0.3 is 9.64 Å². The number of nitro groups is 1. The number of carbonyl (C=O) groups excluding carboxylic acids is 2. The fourth-order valence-corrected chi connectivity index (χ4v) is 2.09. The van der Waals surface area contributed by atoms with E-state index in [9.17, 15) is 19.7 Å². The topological polar surface area (TPSA) is 89.8 Å². The van der Waals surface area contributed by atoms with E-state index in [-0.39, 0.29) is 17.1 Å². The van der Waals surface area contributed by atoms with Gasteiger partial charge in [-0.05, 0) is 12.1 Å². The number of halogens is 1. The Balaban J connectivity index is 3.01. The molecule has 114 valence electrons. The van der Waals surface area contributed by atoms with Crippen molar-refractivity contribution in [3.63, 3.8) is 0 Å². The molecule has 0 aliphatic rings. The molecule has 1 atom stereocenters. The normalized spacial score (nSPS) is 11.6. The number of benzene rings is 1. The Morgan fingerprint density at radius 1 is 1.48 bits per heavy atom. The van der Waals surface area contributed by atoms with Gasteiger partial charge in [0.25, 0.3) is 5.91 Å². The van der Waals surface area contributed by atoms with Crippen molar-refractivity contribution in [2.24, 2.45) is 5.92 Å². The molecule has 0 aromatic heterocycles. The van der Waals surface area contributed by atoms with Crippen molar-refractivity contribution in [3.8, 4) is 0 Å². The van der Waals surface area contributed by atoms with Crippen LogP contribution in [0.1, 0.15) is 17.3 Å². The lowest BCUT2D eigenvalue weighted by Gasteiger charge is -2.20. The highest BCUT2D eigenvalue weighted by molar-refractivity contribution is 6.33. The summed E-state index contributed by atoms with van der Waals surface area (Å²) < 4.78 is 4.57. The van der Waals surface area contributed by atoms with Crippen molar-refractivity contribution >= 4 is 29.2 Å². The Morgan fingerprint density at radius 3 is 2.62 bits per heavy atom. The number of amides is 1. The second kappa shape index (κ2) is 7.03. The second-order valence-electron chi connectivity index (χ2n) is 4.50. The molecule has 1 aromatic carbocycles. The molecule has 0 aliphatic heterocycles. The van der Waals surface area contributed by atoms with E-state index in [0.29, 0.717) is 0 Å². The molecule has 0 heterocycles. The average Bonchev–Trinajstić information content (AvgIpc) is 2.44. The third-order valence-corrected chi connectivity index (χ3v) is 3.20. The number of nitrogens with zero attached hydrogens (tertiary/aromatic N) is 2. The third-order valence-electron chi connectivity index (χ3n) is 2.90. The van der Waals surface area contributed by atoms with E-state index in [4.69, 9.17) is 11.6 Å². The molecular weight excluding hydrogens is 300 g/mol. The molecule has 1 amide bonds. The lowest BCUT2D eigenvalue weighted by molar-refractivity contribution is -0.385. The molecule has 1 unspecified atom stereocenters. The molecule has 0 aliphatic carbocycles. The maximum absolute atomic E-state index is 12.3. The van der Waals surface area contributed by atoms with E-state index in [1.807, 2.05) is 0 Å². The van der Waals surface area contributed by atoms with E-state index < -0.39 is 28.4 Å². The van der Waals surface area contributed by atoms with Crippen LogP contribution in [0.5, 0.6) is 0 Å². The first-order valence-corrected chi connectivity index (χ1v) is 6.43. The van der Waals surface area contributed by atoms with Gasteiger partial charge in [0, 0.05) is 13.6 Å². The molecule has 1 rings (SSSR count). The fourth-order valence-electron chi connectivity index (χ4n) is 1.85. The van der Waals surface area contributed by atoms with Crippen molar-refractivity contribution in [2.75, 3.05) is 20.7 Å². The summed E-state index contributed by atoms with van der Waals surface area (Å²) in [4.78, 5) is 35.2. The highest BCUT2D eigenvalue weighted by Crippen LogP contribution is 2.29. The second-order valence-corrected chi connectivity index (χ2v) is 4.91. The van der Waals surface area contributed by atoms with Crippen LogP contribution in [0.3, 0.4) is 0 Å². The Hall–Kier alpha value is -2.15. The first-order chi connectivity index (χ1) is 9.79. The number of ether oxygens (including phenoxy) is 1. The molecule has 0 radical (unpaired) electrons. The summed E-state index contributed by atoms with van der Waals surface area (Å²) in [6.07, 6.45) is 0. The predicted octanol–water partition coefficient (Wildman–Crippen LogP) is 2.13. The van der Waals surface area contributed by atoms with Crippen molar-refractivity contribution in [2.45, 2.75) is 6.92 Å². The van der Waals surface area contributed by atoms with E-state index in [2.05, 4.69) is 4.74 Å². The smallest absolute Gasteiger partial charge is 0.310 e. The SMILES string of the molecule is COC(=O)C(C)CN(C)C(=O)c1cccc(Cl)c1[N+](=O)[O-]. The van der Waals surface area contributed by atoms with Crippen LogP contribution >= 0.6 is 11.6 Å². The zero-order chi connectivity index (χ0) is 16.2. The summed E-state index contributed by atoms with van der Waals surface area (Å²) in [7, 11) is 2.70. The van der Waals surface area contributed by atoms with Crippen LogP contribution in [-0.2, 0) is 9.53 Å². The summed E-state index contributed by atoms with van der Waals surface area (Å²) in [5.41, 5.74) is -0.561. The van der Waals surface area contributed by atoms with Crippen LogP contribution in [0.4, 0.5) is 5.69 Å². The number of hydrogen-bond acceptors (Lipinski definition) is 5. The number of carbonyl (C=O) groups is 2. The van der Waals surface area contributed by atoms with Gasteiger partial charge in [-0.25, -0.2) is 0 Å². The average molecular weight is 315 g/mol. The number of hydrogen-bond donors (Lipinski definition) is 0. The molecular formula is C13H15ClN2O5. The first-order valence-electron chi connectivity index (χ1n) is 6.05. The summed E-state index contributed by atoms with van der Waals surface area (Å²) >= 11 is 5.77. The minimum atomic E-state index is -0.701. The van der Waals surface area contributed by atoms with E-state index in [1.165, 1.54) is 37.3 Å². The molecule has 21 heavy (non-hydrogen) atoms. The van der Waals surface area contributed by atoms with Crippen LogP contribution < -0.4 is 0 Å². The van der Waals surface area contributed by atoms with Crippen molar-refractivity contribution in [1.29, 1.82) is 0 Å². The summed E-state index contributed by atoms with van der Waals surface area (Å²) in [5, 5.41) is 10.9. The molecule has 0 N–H and O–H groups in total. The molecule has 0 fully saturated rings. The van der Waals surface area contributed by atoms with Crippen LogP contribution in [0.15, 0.2) is 18.2 Å². The number of methoxy groups -OCH3 is 1. The lowest BCUT2D eigenvalue weighted by atomic mass is 10.1. The molecule has 0 bridgehead atoms. The van der Waals surface area contributed by atoms with Gasteiger partial charge in [-0.3, -0.25) is 19.7 Å². The summed E-state index contributed by atoms with van der Waals surface area (Å²) in [6.45, 7) is 1.68. The van der Waals surface area contributed by atoms with Crippen LogP contribution in [0.25, 0.3) is 0 Å². The highest BCUT2D eigenvalue weighted by Gasteiger charge is 2.27. The van der Waals surface area contributed by atoms with Crippen LogP contribution in [-0.4, -0.2) is 42.4 Å². The number of esters is 1. The van der Waals surface area contributed by atoms with E-state index in [1.54, 1.807) is 6.92 Å². The summed E-state index contributed by atoms with van der Waals surface area (Å²) in [6, 6.07) is 4.12. The standard InChI is InChI=1S/C13H15ClN2O5/c1-8(13(18)21-3)7-15(2)12(17)9-5-4-6-10(14)11(9)16(19)20/h4-6,8H,7H2,1-3H3. The van der Waals surface area contributed by atoms with Crippen molar-refractivity contribution < 1.29 is 19.2 Å². The zero-order valence-electron chi connectivity index (χ0n) is 11.8. The summed E-state index contributed by atoms with van der Waals surface area (Å²) in [5.74, 6) is -1.59. The number of rotatable bonds is 5. The lowest BCUT2D eigenvalue weighted by Crippen LogP contribution is -2.34. The van der Waals surface area contributed by atoms with Gasteiger partial charge >= 0.3 is 11.7 Å². The minimum absolute atomic E-state index is 0.0785. The Bertz CT molecular complexity index is 576. The van der Waals surface area contributed by atoms with Gasteiger partial charge in [0.15, 0.2) is 0 Å². The maximum atomic E-state index is 12.3. The van der Waals surface area contributed by atoms with Gasteiger partial charge in [0.2, 0.25) is 0 Å². The van der Waals surface area contributed by atoms with Crippen LogP contribution in [0, 0.1) is 16.0 Å². The first kappa shape index (κ1) is 16.9. The maximum Gasteiger partial charge on any atom is 0.310 e. The molecule has 0 saturated heterocycles. The Kier molecular flexibility index (Phi) is 5.66. The van der Waals surface area contributed by atoms with Crippen molar-refractivity contribution in [1.82, 2.24) is 4.90 Å². The highest BCUT2D eigenvalue weighted by atomic mass is 35.5.